The lowest BCUT2D eigenvalue weighted by Gasteiger charge is -2.22. The molecule has 0 aliphatic heterocycles. The van der Waals surface area contributed by atoms with E-state index in [1.165, 1.54) is 5.69 Å². The van der Waals surface area contributed by atoms with Gasteiger partial charge in [-0.1, -0.05) is 12.1 Å². The molecule has 27 heavy (non-hydrogen) atoms. The highest BCUT2D eigenvalue weighted by Gasteiger charge is 2.07. The molecule has 1 aromatic carbocycles. The van der Waals surface area contributed by atoms with Crippen LogP contribution >= 0.6 is 0 Å². The van der Waals surface area contributed by atoms with E-state index in [1.807, 2.05) is 24.3 Å². The molecule has 0 spiro atoms. The molecule has 0 saturated carbocycles. The summed E-state index contributed by atoms with van der Waals surface area (Å²) in [6, 6.07) is 12.2. The van der Waals surface area contributed by atoms with Gasteiger partial charge in [0, 0.05) is 45.7 Å². The minimum atomic E-state index is 0.612. The Bertz CT molecular complexity index is 694. The van der Waals surface area contributed by atoms with E-state index in [-0.39, 0.29) is 0 Å². The second-order valence-corrected chi connectivity index (χ2v) is 6.46. The van der Waals surface area contributed by atoms with Crippen molar-refractivity contribution in [3.8, 4) is 5.75 Å². The first-order valence-electron chi connectivity index (χ1n) is 9.44. The van der Waals surface area contributed by atoms with Crippen molar-refractivity contribution in [2.45, 2.75) is 26.5 Å². The fourth-order valence-corrected chi connectivity index (χ4v) is 2.71. The molecular weight excluding hydrogens is 340 g/mol. The van der Waals surface area contributed by atoms with E-state index in [0.717, 1.165) is 43.3 Å². The third kappa shape index (κ3) is 6.98. The Morgan fingerprint density at radius 2 is 2.00 bits per heavy atom. The number of aryl methyl sites for hydroxylation is 1. The molecule has 0 atom stereocenters. The van der Waals surface area contributed by atoms with Gasteiger partial charge in [0.25, 0.3) is 0 Å². The van der Waals surface area contributed by atoms with Crippen molar-refractivity contribution in [1.29, 1.82) is 0 Å². The number of rotatable bonds is 10. The highest BCUT2D eigenvalue weighted by molar-refractivity contribution is 5.79. The molecule has 0 unspecified atom stereocenters. The van der Waals surface area contributed by atoms with E-state index in [2.05, 4.69) is 54.1 Å². The summed E-state index contributed by atoms with van der Waals surface area (Å²) in [4.78, 5) is 6.87. The van der Waals surface area contributed by atoms with Crippen LogP contribution in [-0.2, 0) is 24.9 Å². The van der Waals surface area contributed by atoms with Gasteiger partial charge in [0.05, 0.1) is 20.3 Å². The van der Waals surface area contributed by atoms with Crippen LogP contribution in [0.15, 0.2) is 47.6 Å². The van der Waals surface area contributed by atoms with Crippen LogP contribution in [0.3, 0.4) is 0 Å². The molecule has 0 saturated heterocycles. The number of guanidine groups is 1. The number of benzene rings is 1. The first-order chi connectivity index (χ1) is 13.1. The maximum absolute atomic E-state index is 5.75. The Balaban J connectivity index is 1.73. The second kappa shape index (κ2) is 11.3. The minimum Gasteiger partial charge on any atom is -0.497 e. The van der Waals surface area contributed by atoms with Crippen molar-refractivity contribution in [3.63, 3.8) is 0 Å². The summed E-state index contributed by atoms with van der Waals surface area (Å²) in [5.74, 6) is 1.79. The molecule has 6 nitrogen and oxygen atoms in total. The second-order valence-electron chi connectivity index (χ2n) is 6.46. The molecule has 0 aliphatic rings. The maximum Gasteiger partial charge on any atom is 0.194 e. The van der Waals surface area contributed by atoms with Crippen molar-refractivity contribution in [3.05, 3.63) is 53.9 Å². The van der Waals surface area contributed by atoms with Crippen LogP contribution in [0, 0.1) is 0 Å². The standard InChI is InChI=1S/C21H32N4O2/c1-5-22-21(25(3)16-19-8-6-14-24(19)2)23-13-7-15-27-17-18-9-11-20(26-4)12-10-18/h6,8-12,14H,5,7,13,15-17H2,1-4H3,(H,22,23). The van der Waals surface area contributed by atoms with Crippen LogP contribution in [0.2, 0.25) is 0 Å². The summed E-state index contributed by atoms with van der Waals surface area (Å²) in [5.41, 5.74) is 2.40. The predicted molar refractivity (Wildman–Crippen MR) is 110 cm³/mol. The minimum absolute atomic E-state index is 0.612. The first kappa shape index (κ1) is 20.8. The van der Waals surface area contributed by atoms with Gasteiger partial charge >= 0.3 is 0 Å². The molecular formula is C21H32N4O2. The number of methoxy groups -OCH3 is 1. The smallest absolute Gasteiger partial charge is 0.194 e. The van der Waals surface area contributed by atoms with Gasteiger partial charge in [-0.25, -0.2) is 0 Å². The average Bonchev–Trinajstić information content (AvgIpc) is 3.08. The number of aliphatic imine (C=N–C) groups is 1. The van der Waals surface area contributed by atoms with Crippen LogP contribution in [0.5, 0.6) is 5.75 Å². The van der Waals surface area contributed by atoms with Crippen LogP contribution in [-0.4, -0.2) is 49.3 Å². The quantitative estimate of drug-likeness (QED) is 0.396. The van der Waals surface area contributed by atoms with Gasteiger partial charge in [-0.2, -0.15) is 0 Å². The zero-order valence-corrected chi connectivity index (χ0v) is 16.9. The van der Waals surface area contributed by atoms with E-state index < -0.39 is 0 Å². The Morgan fingerprint density at radius 3 is 2.63 bits per heavy atom. The number of hydrogen-bond donors (Lipinski definition) is 1. The van der Waals surface area contributed by atoms with E-state index in [9.17, 15) is 0 Å². The molecule has 0 amide bonds. The van der Waals surface area contributed by atoms with Gasteiger partial charge < -0.3 is 24.3 Å². The highest BCUT2D eigenvalue weighted by atomic mass is 16.5. The monoisotopic (exact) mass is 372 g/mol. The third-order valence-corrected chi connectivity index (χ3v) is 4.28. The molecule has 1 heterocycles. The molecule has 0 bridgehead atoms. The van der Waals surface area contributed by atoms with E-state index in [4.69, 9.17) is 14.5 Å². The third-order valence-electron chi connectivity index (χ3n) is 4.28. The largest absolute Gasteiger partial charge is 0.497 e. The molecule has 0 aliphatic carbocycles. The zero-order valence-electron chi connectivity index (χ0n) is 16.9. The van der Waals surface area contributed by atoms with Crippen LogP contribution in [0.25, 0.3) is 0 Å². The van der Waals surface area contributed by atoms with Crippen molar-refractivity contribution in [1.82, 2.24) is 14.8 Å². The van der Waals surface area contributed by atoms with Crippen LogP contribution in [0.1, 0.15) is 24.6 Å². The van der Waals surface area contributed by atoms with E-state index in [0.29, 0.717) is 13.2 Å². The number of hydrogen-bond acceptors (Lipinski definition) is 3. The maximum atomic E-state index is 5.75. The Morgan fingerprint density at radius 1 is 1.22 bits per heavy atom. The van der Waals surface area contributed by atoms with Gasteiger partial charge in [-0.05, 0) is 43.2 Å². The van der Waals surface area contributed by atoms with Crippen molar-refractivity contribution < 1.29 is 9.47 Å². The predicted octanol–water partition coefficient (Wildman–Crippen LogP) is 3.04. The SMILES string of the molecule is CCNC(=NCCCOCc1ccc(OC)cc1)N(C)Cc1cccn1C. The normalized spacial score (nSPS) is 11.5. The Kier molecular flexibility index (Phi) is 8.71. The molecule has 1 N–H and O–H groups in total. The summed E-state index contributed by atoms with van der Waals surface area (Å²) in [5, 5.41) is 3.36. The molecule has 0 radical (unpaired) electrons. The zero-order chi connectivity index (χ0) is 19.5. The number of nitrogens with zero attached hydrogens (tertiary/aromatic N) is 3. The summed E-state index contributed by atoms with van der Waals surface area (Å²) < 4.78 is 13.0. The summed E-state index contributed by atoms with van der Waals surface area (Å²) in [6.07, 6.45) is 2.95. The molecule has 1 aromatic heterocycles. The Hall–Kier alpha value is -2.47. The molecule has 0 fully saturated rings. The molecule has 2 aromatic rings. The van der Waals surface area contributed by atoms with Crippen LogP contribution < -0.4 is 10.1 Å². The summed E-state index contributed by atoms with van der Waals surface area (Å²) in [6.45, 7) is 5.80. The van der Waals surface area contributed by atoms with Crippen LogP contribution in [0.4, 0.5) is 0 Å². The number of aromatic nitrogens is 1. The van der Waals surface area contributed by atoms with E-state index in [1.54, 1.807) is 7.11 Å². The van der Waals surface area contributed by atoms with Gasteiger partial charge in [0.15, 0.2) is 5.96 Å². The highest BCUT2D eigenvalue weighted by Crippen LogP contribution is 2.12. The molecule has 148 valence electrons. The fourth-order valence-electron chi connectivity index (χ4n) is 2.71. The van der Waals surface area contributed by atoms with Gasteiger partial charge in [0.2, 0.25) is 0 Å². The molecule has 6 heteroatoms. The summed E-state index contributed by atoms with van der Waals surface area (Å²) >= 11 is 0. The van der Waals surface area contributed by atoms with Gasteiger partial charge in [-0.15, -0.1) is 0 Å². The lowest BCUT2D eigenvalue weighted by Crippen LogP contribution is -2.38. The number of ether oxygens (including phenoxy) is 2. The van der Waals surface area contributed by atoms with Crippen molar-refractivity contribution >= 4 is 5.96 Å². The topological polar surface area (TPSA) is 51.0 Å². The lowest BCUT2D eigenvalue weighted by atomic mass is 10.2. The van der Waals surface area contributed by atoms with Gasteiger partial charge in [0.1, 0.15) is 5.75 Å². The van der Waals surface area contributed by atoms with Crippen molar-refractivity contribution in [2.75, 3.05) is 33.9 Å². The Labute approximate surface area is 162 Å². The number of nitrogens with one attached hydrogen (secondary N) is 1. The first-order valence-corrected chi connectivity index (χ1v) is 9.44. The average molecular weight is 373 g/mol. The summed E-state index contributed by atoms with van der Waals surface area (Å²) in [7, 11) is 5.80. The molecule has 2 rings (SSSR count). The van der Waals surface area contributed by atoms with Gasteiger partial charge in [-0.3, -0.25) is 4.99 Å². The van der Waals surface area contributed by atoms with Crippen molar-refractivity contribution in [2.24, 2.45) is 12.0 Å². The fraction of sp³-hybridized carbons (Fsp3) is 0.476. The lowest BCUT2D eigenvalue weighted by molar-refractivity contribution is 0.120. The van der Waals surface area contributed by atoms with E-state index >= 15 is 0 Å².